The molecule has 3 unspecified atom stereocenters. The average Bonchev–Trinajstić information content (AvgIpc) is 2.61. The summed E-state index contributed by atoms with van der Waals surface area (Å²) in [5, 5.41) is 29.3. The second-order valence-corrected chi connectivity index (χ2v) is 7.88. The molecular formula is C22H28O7. The Morgan fingerprint density at radius 2 is 1.83 bits per heavy atom. The van der Waals surface area contributed by atoms with Crippen molar-refractivity contribution in [3.63, 3.8) is 0 Å². The number of rotatable bonds is 10. The molecule has 1 aromatic rings. The third-order valence-corrected chi connectivity index (χ3v) is 5.65. The summed E-state index contributed by atoms with van der Waals surface area (Å²) in [5.74, 6) is -2.67. The minimum Gasteiger partial charge on any atom is -0.507 e. The minimum absolute atomic E-state index is 0.142. The van der Waals surface area contributed by atoms with Crippen LogP contribution in [0.5, 0.6) is 5.75 Å². The predicted octanol–water partition coefficient (Wildman–Crippen LogP) is 1.89. The summed E-state index contributed by atoms with van der Waals surface area (Å²) in [6, 6.07) is 2.86. The lowest BCUT2D eigenvalue weighted by Crippen LogP contribution is -2.32. The first-order valence-corrected chi connectivity index (χ1v) is 9.82. The summed E-state index contributed by atoms with van der Waals surface area (Å²) in [4.78, 5) is 48.3. The normalized spacial score (nSPS) is 18.1. The number of Topliss-reactive ketones (excluding diaryl/α,β-unsaturated/α-hetero) is 4. The lowest BCUT2D eigenvalue weighted by molar-refractivity contribution is -0.131. The molecule has 0 amide bonds. The molecule has 0 aromatic heterocycles. The summed E-state index contributed by atoms with van der Waals surface area (Å²) in [5.41, 5.74) is 1.08. The van der Waals surface area contributed by atoms with Gasteiger partial charge in [0.1, 0.15) is 17.3 Å². The van der Waals surface area contributed by atoms with Gasteiger partial charge in [0.25, 0.3) is 0 Å². The molecule has 0 fully saturated rings. The van der Waals surface area contributed by atoms with Crippen molar-refractivity contribution in [2.75, 3.05) is 13.2 Å². The van der Waals surface area contributed by atoms with Crippen LogP contribution in [0.3, 0.4) is 0 Å². The molecule has 3 atom stereocenters. The maximum absolute atomic E-state index is 12.7. The van der Waals surface area contributed by atoms with E-state index in [4.69, 9.17) is 0 Å². The van der Waals surface area contributed by atoms with Gasteiger partial charge in [-0.2, -0.15) is 0 Å². The van der Waals surface area contributed by atoms with E-state index >= 15 is 0 Å². The molecule has 1 aliphatic rings. The molecule has 7 nitrogen and oxygen atoms in total. The molecule has 7 heteroatoms. The first kappa shape index (κ1) is 22.9. The molecule has 0 spiro atoms. The van der Waals surface area contributed by atoms with E-state index in [0.29, 0.717) is 24.0 Å². The number of phenols is 1. The Morgan fingerprint density at radius 1 is 1.14 bits per heavy atom. The monoisotopic (exact) mass is 404 g/mol. The third-order valence-electron chi connectivity index (χ3n) is 5.65. The zero-order valence-electron chi connectivity index (χ0n) is 16.8. The van der Waals surface area contributed by atoms with Crippen molar-refractivity contribution in [2.24, 2.45) is 17.8 Å². The Balaban J connectivity index is 2.29. The highest BCUT2D eigenvalue weighted by Gasteiger charge is 2.35. The van der Waals surface area contributed by atoms with Crippen LogP contribution in [-0.2, 0) is 16.0 Å². The second kappa shape index (κ2) is 9.89. The Hall–Kier alpha value is -2.38. The van der Waals surface area contributed by atoms with Gasteiger partial charge in [0, 0.05) is 24.5 Å². The van der Waals surface area contributed by atoms with E-state index in [1.807, 2.05) is 0 Å². The van der Waals surface area contributed by atoms with Crippen LogP contribution in [0.25, 0.3) is 0 Å². The molecule has 0 radical (unpaired) electrons. The number of aliphatic hydroxyl groups is 2. The topological polar surface area (TPSA) is 129 Å². The number of aromatic hydroxyl groups is 1. The maximum atomic E-state index is 12.7. The molecule has 3 N–H and O–H groups in total. The molecular weight excluding hydrogens is 376 g/mol. The highest BCUT2D eigenvalue weighted by atomic mass is 16.3. The van der Waals surface area contributed by atoms with Gasteiger partial charge < -0.3 is 15.3 Å². The van der Waals surface area contributed by atoms with Crippen molar-refractivity contribution in [3.8, 4) is 5.75 Å². The lowest BCUT2D eigenvalue weighted by Gasteiger charge is -2.31. The summed E-state index contributed by atoms with van der Waals surface area (Å²) in [6.07, 6.45) is 0.885. The van der Waals surface area contributed by atoms with Gasteiger partial charge in [-0.05, 0) is 62.6 Å². The molecule has 0 aliphatic heterocycles. The van der Waals surface area contributed by atoms with Crippen molar-refractivity contribution in [1.29, 1.82) is 0 Å². The first-order valence-electron chi connectivity index (χ1n) is 9.82. The van der Waals surface area contributed by atoms with Gasteiger partial charge in [-0.25, -0.2) is 0 Å². The number of aliphatic hydroxyl groups excluding tert-OH is 2. The third kappa shape index (κ3) is 5.36. The van der Waals surface area contributed by atoms with E-state index in [-0.39, 0.29) is 66.2 Å². The SMILES string of the molecule is CC(=O)CC(=O)C(CO)C(CCO)CC1CC(=O)c2c(O)ccc(C(C)=O)c2C1. The highest BCUT2D eigenvalue weighted by molar-refractivity contribution is 6.06. The second-order valence-electron chi connectivity index (χ2n) is 7.88. The Morgan fingerprint density at radius 3 is 2.38 bits per heavy atom. The van der Waals surface area contributed by atoms with Crippen LogP contribution in [0.1, 0.15) is 65.8 Å². The van der Waals surface area contributed by atoms with E-state index in [0.717, 1.165) is 0 Å². The molecule has 2 rings (SSSR count). The van der Waals surface area contributed by atoms with Gasteiger partial charge in [-0.3, -0.25) is 19.2 Å². The van der Waals surface area contributed by atoms with Crippen molar-refractivity contribution in [1.82, 2.24) is 0 Å². The molecule has 29 heavy (non-hydrogen) atoms. The van der Waals surface area contributed by atoms with Crippen molar-refractivity contribution in [2.45, 2.75) is 46.0 Å². The number of carbonyl (C=O) groups excluding carboxylic acids is 4. The Labute approximate surface area is 169 Å². The number of hydrogen-bond acceptors (Lipinski definition) is 7. The number of phenolic OH excluding ortho intramolecular Hbond substituents is 1. The molecule has 1 aliphatic carbocycles. The number of benzene rings is 1. The van der Waals surface area contributed by atoms with Gasteiger partial charge in [0.2, 0.25) is 0 Å². The largest absolute Gasteiger partial charge is 0.507 e. The fourth-order valence-electron chi connectivity index (χ4n) is 4.35. The van der Waals surface area contributed by atoms with Gasteiger partial charge in [0.05, 0.1) is 18.6 Å². The van der Waals surface area contributed by atoms with Crippen molar-refractivity contribution in [3.05, 3.63) is 28.8 Å². The quantitative estimate of drug-likeness (QED) is 0.401. The van der Waals surface area contributed by atoms with Gasteiger partial charge in [0.15, 0.2) is 11.6 Å². The van der Waals surface area contributed by atoms with E-state index in [9.17, 15) is 34.5 Å². The standard InChI is InChI=1S/C22H28O7/c1-12(25)7-20(28)18(11-24)15(5-6-23)8-14-9-17-16(13(2)26)3-4-19(27)22(17)21(29)10-14/h3-4,14-15,18,23-24,27H,5-11H2,1-2H3. The number of hydrogen-bond donors (Lipinski definition) is 3. The van der Waals surface area contributed by atoms with Crippen LogP contribution < -0.4 is 0 Å². The maximum Gasteiger partial charge on any atom is 0.167 e. The number of carbonyl (C=O) groups is 4. The molecule has 0 bridgehead atoms. The fourth-order valence-corrected chi connectivity index (χ4v) is 4.35. The van der Waals surface area contributed by atoms with Crippen LogP contribution in [-0.4, -0.2) is 51.7 Å². The minimum atomic E-state index is -0.793. The van der Waals surface area contributed by atoms with E-state index < -0.39 is 18.4 Å². The molecule has 0 saturated carbocycles. The van der Waals surface area contributed by atoms with Gasteiger partial charge in [-0.15, -0.1) is 0 Å². The summed E-state index contributed by atoms with van der Waals surface area (Å²) in [7, 11) is 0. The van der Waals surface area contributed by atoms with Crippen LogP contribution in [0.4, 0.5) is 0 Å². The zero-order valence-corrected chi connectivity index (χ0v) is 16.8. The van der Waals surface area contributed by atoms with Crippen LogP contribution in [0.2, 0.25) is 0 Å². The predicted molar refractivity (Wildman–Crippen MR) is 105 cm³/mol. The Kier molecular flexibility index (Phi) is 7.81. The van der Waals surface area contributed by atoms with E-state index in [1.165, 1.54) is 26.0 Å². The van der Waals surface area contributed by atoms with Gasteiger partial charge in [-0.1, -0.05) is 0 Å². The zero-order chi connectivity index (χ0) is 21.7. The Bertz CT molecular complexity index is 812. The first-order chi connectivity index (χ1) is 13.7. The fraction of sp³-hybridized carbons (Fsp3) is 0.545. The summed E-state index contributed by atoms with van der Waals surface area (Å²) in [6.45, 7) is 2.08. The van der Waals surface area contributed by atoms with Crippen molar-refractivity contribution < 1.29 is 34.5 Å². The average molecular weight is 404 g/mol. The lowest BCUT2D eigenvalue weighted by atomic mass is 9.72. The summed E-state index contributed by atoms with van der Waals surface area (Å²) >= 11 is 0. The molecule has 0 heterocycles. The molecule has 158 valence electrons. The van der Waals surface area contributed by atoms with Crippen LogP contribution >= 0.6 is 0 Å². The number of ketones is 4. The summed E-state index contributed by atoms with van der Waals surface area (Å²) < 4.78 is 0. The van der Waals surface area contributed by atoms with Crippen LogP contribution in [0, 0.1) is 17.8 Å². The van der Waals surface area contributed by atoms with Crippen molar-refractivity contribution >= 4 is 23.1 Å². The highest BCUT2D eigenvalue weighted by Crippen LogP contribution is 2.38. The van der Waals surface area contributed by atoms with E-state index in [2.05, 4.69) is 0 Å². The van der Waals surface area contributed by atoms with Crippen LogP contribution in [0.15, 0.2) is 12.1 Å². The number of fused-ring (bicyclic) bond motifs is 1. The molecule has 0 saturated heterocycles. The smallest absolute Gasteiger partial charge is 0.167 e. The van der Waals surface area contributed by atoms with E-state index in [1.54, 1.807) is 0 Å². The van der Waals surface area contributed by atoms with Gasteiger partial charge >= 0.3 is 0 Å². The molecule has 1 aromatic carbocycles.